The van der Waals surface area contributed by atoms with E-state index in [0.717, 1.165) is 12.3 Å². The van der Waals surface area contributed by atoms with Crippen molar-refractivity contribution >= 4 is 25.8 Å². The average Bonchev–Trinajstić information content (AvgIpc) is 1.97. The van der Waals surface area contributed by atoms with Gasteiger partial charge in [0.1, 0.15) is 10.7 Å². The minimum Gasteiger partial charge on any atom is -0.386 e. The molecule has 90 valence electrons. The van der Waals surface area contributed by atoms with Crippen LogP contribution in [0.2, 0.25) is 0 Å². The van der Waals surface area contributed by atoms with Gasteiger partial charge in [-0.3, -0.25) is 0 Å². The second-order valence-electron chi connectivity index (χ2n) is 4.10. The standard InChI is InChI=1S/C10H12BrFO3S/c1-10(2,13)6-4-7(11)9(8(12)5-6)16(3,14)15/h4-5,13H,1-3H3. The largest absolute Gasteiger partial charge is 0.386 e. The summed E-state index contributed by atoms with van der Waals surface area (Å²) in [5, 5.41) is 9.69. The molecule has 1 aromatic rings. The van der Waals surface area contributed by atoms with Crippen LogP contribution in [-0.4, -0.2) is 19.8 Å². The average molecular weight is 311 g/mol. The lowest BCUT2D eigenvalue weighted by atomic mass is 9.99. The van der Waals surface area contributed by atoms with E-state index in [4.69, 9.17) is 0 Å². The zero-order chi connectivity index (χ0) is 12.7. The van der Waals surface area contributed by atoms with Crippen molar-refractivity contribution in [1.29, 1.82) is 0 Å². The van der Waals surface area contributed by atoms with E-state index in [1.807, 2.05) is 0 Å². The Balaban J connectivity index is 3.53. The topological polar surface area (TPSA) is 54.4 Å². The molecule has 1 aromatic carbocycles. The van der Waals surface area contributed by atoms with Crippen molar-refractivity contribution in [3.63, 3.8) is 0 Å². The number of aliphatic hydroxyl groups is 1. The van der Waals surface area contributed by atoms with Crippen LogP contribution in [0.25, 0.3) is 0 Å². The molecule has 0 bridgehead atoms. The van der Waals surface area contributed by atoms with Gasteiger partial charge in [-0.1, -0.05) is 0 Å². The Morgan fingerprint density at radius 2 is 1.88 bits per heavy atom. The van der Waals surface area contributed by atoms with E-state index in [0.29, 0.717) is 5.56 Å². The molecule has 3 nitrogen and oxygen atoms in total. The third kappa shape index (κ3) is 2.81. The molecule has 0 unspecified atom stereocenters. The molecular formula is C10H12BrFO3S. The molecule has 0 radical (unpaired) electrons. The molecule has 0 heterocycles. The summed E-state index contributed by atoms with van der Waals surface area (Å²) in [5.74, 6) is -0.867. The highest BCUT2D eigenvalue weighted by atomic mass is 79.9. The van der Waals surface area contributed by atoms with Crippen molar-refractivity contribution in [1.82, 2.24) is 0 Å². The number of benzene rings is 1. The van der Waals surface area contributed by atoms with Crippen LogP contribution in [0.4, 0.5) is 4.39 Å². The molecule has 0 aliphatic heterocycles. The van der Waals surface area contributed by atoms with Crippen LogP contribution in [0.1, 0.15) is 19.4 Å². The highest BCUT2D eigenvalue weighted by Crippen LogP contribution is 2.30. The van der Waals surface area contributed by atoms with Gasteiger partial charge < -0.3 is 5.11 Å². The third-order valence-electron chi connectivity index (χ3n) is 2.08. The number of sulfone groups is 1. The van der Waals surface area contributed by atoms with Crippen LogP contribution in [0.5, 0.6) is 0 Å². The maximum Gasteiger partial charge on any atom is 0.179 e. The summed E-state index contributed by atoms with van der Waals surface area (Å²) in [6, 6.07) is 2.43. The van der Waals surface area contributed by atoms with Gasteiger partial charge in [-0.25, -0.2) is 12.8 Å². The fraction of sp³-hybridized carbons (Fsp3) is 0.400. The zero-order valence-electron chi connectivity index (χ0n) is 9.08. The number of hydrogen-bond donors (Lipinski definition) is 1. The van der Waals surface area contributed by atoms with Crippen molar-refractivity contribution in [3.8, 4) is 0 Å². The van der Waals surface area contributed by atoms with E-state index < -0.39 is 21.3 Å². The van der Waals surface area contributed by atoms with Gasteiger partial charge in [0.25, 0.3) is 0 Å². The first-order valence-electron chi connectivity index (χ1n) is 4.45. The highest BCUT2D eigenvalue weighted by molar-refractivity contribution is 9.10. The molecule has 0 atom stereocenters. The summed E-state index contributed by atoms with van der Waals surface area (Å²) >= 11 is 3.00. The SMILES string of the molecule is CC(C)(O)c1cc(F)c(S(C)(=O)=O)c(Br)c1. The van der Waals surface area contributed by atoms with Gasteiger partial charge in [0, 0.05) is 10.7 Å². The zero-order valence-corrected chi connectivity index (χ0v) is 11.5. The molecule has 1 rings (SSSR count). The van der Waals surface area contributed by atoms with Crippen molar-refractivity contribution in [2.45, 2.75) is 24.3 Å². The van der Waals surface area contributed by atoms with E-state index in [1.54, 1.807) is 0 Å². The lowest BCUT2D eigenvalue weighted by molar-refractivity contribution is 0.0780. The van der Waals surface area contributed by atoms with Crippen LogP contribution in [0.3, 0.4) is 0 Å². The van der Waals surface area contributed by atoms with Crippen LogP contribution >= 0.6 is 15.9 Å². The first-order valence-corrected chi connectivity index (χ1v) is 7.14. The minimum atomic E-state index is -3.63. The number of hydrogen-bond acceptors (Lipinski definition) is 3. The molecule has 0 fully saturated rings. The molecule has 0 aliphatic carbocycles. The Bertz CT molecular complexity index is 494. The van der Waals surface area contributed by atoms with Crippen molar-refractivity contribution in [2.75, 3.05) is 6.26 Å². The molecule has 0 amide bonds. The molecule has 0 aromatic heterocycles. The summed E-state index contributed by atoms with van der Waals surface area (Å²) < 4.78 is 36.3. The van der Waals surface area contributed by atoms with Gasteiger partial charge >= 0.3 is 0 Å². The molecule has 0 saturated carbocycles. The summed E-state index contributed by atoms with van der Waals surface area (Å²) in [6.45, 7) is 2.99. The van der Waals surface area contributed by atoms with Crippen LogP contribution in [-0.2, 0) is 15.4 Å². The van der Waals surface area contributed by atoms with Crippen molar-refractivity contribution < 1.29 is 17.9 Å². The molecule has 0 saturated heterocycles. The summed E-state index contributed by atoms with van der Waals surface area (Å²) in [7, 11) is -3.63. The van der Waals surface area contributed by atoms with Crippen LogP contribution < -0.4 is 0 Å². The second-order valence-corrected chi connectivity index (χ2v) is 6.91. The Morgan fingerprint density at radius 3 is 2.19 bits per heavy atom. The van der Waals surface area contributed by atoms with Crippen molar-refractivity contribution in [2.24, 2.45) is 0 Å². The fourth-order valence-electron chi connectivity index (χ4n) is 1.27. The maximum atomic E-state index is 13.6. The fourth-order valence-corrected chi connectivity index (χ4v) is 3.41. The Kier molecular flexibility index (Phi) is 3.47. The summed E-state index contributed by atoms with van der Waals surface area (Å²) in [6.07, 6.45) is 0.930. The lowest BCUT2D eigenvalue weighted by Crippen LogP contribution is -2.16. The quantitative estimate of drug-likeness (QED) is 0.911. The highest BCUT2D eigenvalue weighted by Gasteiger charge is 2.23. The van der Waals surface area contributed by atoms with Crippen molar-refractivity contribution in [3.05, 3.63) is 28.0 Å². The normalized spacial score (nSPS) is 12.9. The third-order valence-corrected chi connectivity index (χ3v) is 4.12. The molecule has 1 N–H and O–H groups in total. The second kappa shape index (κ2) is 4.09. The van der Waals surface area contributed by atoms with Gasteiger partial charge in [0.2, 0.25) is 0 Å². The van der Waals surface area contributed by atoms with E-state index in [9.17, 15) is 17.9 Å². The monoisotopic (exact) mass is 310 g/mol. The van der Waals surface area contributed by atoms with E-state index >= 15 is 0 Å². The van der Waals surface area contributed by atoms with Crippen LogP contribution in [0.15, 0.2) is 21.5 Å². The number of rotatable bonds is 2. The van der Waals surface area contributed by atoms with Gasteiger partial charge in [-0.15, -0.1) is 0 Å². The first-order chi connectivity index (χ1) is 7.03. The summed E-state index contributed by atoms with van der Waals surface area (Å²) in [5.41, 5.74) is -0.913. The summed E-state index contributed by atoms with van der Waals surface area (Å²) in [4.78, 5) is -0.388. The predicted octanol–water partition coefficient (Wildman–Crippen LogP) is 2.22. The van der Waals surface area contributed by atoms with Gasteiger partial charge in [-0.05, 0) is 47.5 Å². The van der Waals surface area contributed by atoms with Gasteiger partial charge in [-0.2, -0.15) is 0 Å². The van der Waals surface area contributed by atoms with Gasteiger partial charge in [0.15, 0.2) is 9.84 Å². The minimum absolute atomic E-state index is 0.118. The van der Waals surface area contributed by atoms with Gasteiger partial charge in [0.05, 0.1) is 5.60 Å². The van der Waals surface area contributed by atoms with E-state index in [-0.39, 0.29) is 9.37 Å². The Labute approximate surface area is 102 Å². The predicted molar refractivity (Wildman–Crippen MR) is 62.5 cm³/mol. The Morgan fingerprint density at radius 1 is 1.38 bits per heavy atom. The van der Waals surface area contributed by atoms with E-state index in [1.165, 1.54) is 19.9 Å². The molecular weight excluding hydrogens is 299 g/mol. The van der Waals surface area contributed by atoms with Crippen LogP contribution in [0, 0.1) is 5.82 Å². The Hall–Kier alpha value is -0.460. The first kappa shape index (κ1) is 13.6. The molecule has 0 aliphatic rings. The molecule has 16 heavy (non-hydrogen) atoms. The molecule has 6 heteroatoms. The maximum absolute atomic E-state index is 13.6. The van der Waals surface area contributed by atoms with E-state index in [2.05, 4.69) is 15.9 Å². The molecule has 0 spiro atoms. The number of halogens is 2. The smallest absolute Gasteiger partial charge is 0.179 e. The lowest BCUT2D eigenvalue weighted by Gasteiger charge is -2.19.